The van der Waals surface area contributed by atoms with Gasteiger partial charge in [0, 0.05) is 6.07 Å². The Hall–Kier alpha value is -2.60. The molecule has 124 valence electrons. The van der Waals surface area contributed by atoms with Gasteiger partial charge in [0.05, 0.1) is 17.3 Å². The van der Waals surface area contributed by atoms with Crippen molar-refractivity contribution in [3.63, 3.8) is 0 Å². The molecule has 24 heavy (non-hydrogen) atoms. The van der Waals surface area contributed by atoms with Gasteiger partial charge in [-0.15, -0.1) is 0 Å². The molecule has 0 aliphatic heterocycles. The Morgan fingerprint density at radius 3 is 2.79 bits per heavy atom. The molecule has 1 heterocycles. The number of nitrogens with zero attached hydrogens (tertiary/aromatic N) is 1. The first kappa shape index (κ1) is 16.3. The van der Waals surface area contributed by atoms with Crippen molar-refractivity contribution in [2.24, 2.45) is 0 Å². The second kappa shape index (κ2) is 6.88. The van der Waals surface area contributed by atoms with Gasteiger partial charge in [-0.3, -0.25) is 10.1 Å². The van der Waals surface area contributed by atoms with Crippen LogP contribution in [-0.2, 0) is 4.79 Å². The van der Waals surface area contributed by atoms with Crippen molar-refractivity contribution in [2.75, 3.05) is 19.0 Å². The molecule has 5 nitrogen and oxygen atoms in total. The molecule has 0 spiro atoms. The molecule has 1 aromatic heterocycles. The van der Waals surface area contributed by atoms with E-state index in [2.05, 4.69) is 22.4 Å². The quantitative estimate of drug-likeness (QED) is 0.763. The number of hydrogen-bond acceptors (Lipinski definition) is 5. The first-order valence-electron chi connectivity index (χ1n) is 7.49. The molecule has 0 atom stereocenters. The highest BCUT2D eigenvalue weighted by atomic mass is 32.1. The highest BCUT2D eigenvalue weighted by molar-refractivity contribution is 7.22. The lowest BCUT2D eigenvalue weighted by molar-refractivity contribution is -0.118. The zero-order valence-corrected chi connectivity index (χ0v) is 14.6. The number of ether oxygens (including phenoxy) is 2. The Morgan fingerprint density at radius 1 is 1.21 bits per heavy atom. The van der Waals surface area contributed by atoms with Gasteiger partial charge in [-0.05, 0) is 43.2 Å². The molecule has 6 heteroatoms. The second-order valence-corrected chi connectivity index (χ2v) is 6.49. The fraction of sp³-hybridized carbons (Fsp3) is 0.222. The van der Waals surface area contributed by atoms with Crippen LogP contribution in [0, 0.1) is 13.8 Å². The molecule has 0 saturated carbocycles. The predicted octanol–water partition coefficient (Wildman–Crippen LogP) is 3.94. The molecule has 0 bridgehead atoms. The molecule has 3 aromatic rings. The molecular formula is C18H18N2O3S. The van der Waals surface area contributed by atoms with Gasteiger partial charge in [-0.2, -0.15) is 0 Å². The smallest absolute Gasteiger partial charge is 0.264 e. The van der Waals surface area contributed by atoms with Gasteiger partial charge >= 0.3 is 0 Å². The standard InChI is InChI=1S/C18H18N2O3S/c1-11-7-12(2)17-15(8-11)24-18(20-17)19-16(21)10-23-14-6-4-5-13(9-14)22-3/h4-9H,10H2,1-3H3,(H,19,20,21). The van der Waals surface area contributed by atoms with E-state index in [0.29, 0.717) is 16.6 Å². The lowest BCUT2D eigenvalue weighted by Crippen LogP contribution is -2.20. The Morgan fingerprint density at radius 2 is 2.00 bits per heavy atom. The minimum Gasteiger partial charge on any atom is -0.497 e. The first-order valence-corrected chi connectivity index (χ1v) is 8.31. The third-order valence-corrected chi connectivity index (χ3v) is 4.41. The third-order valence-electron chi connectivity index (χ3n) is 3.49. The van der Waals surface area contributed by atoms with Gasteiger partial charge in [0.25, 0.3) is 5.91 Å². The molecule has 0 fully saturated rings. The lowest BCUT2D eigenvalue weighted by Gasteiger charge is -2.07. The largest absolute Gasteiger partial charge is 0.497 e. The van der Waals surface area contributed by atoms with Gasteiger partial charge in [0.15, 0.2) is 11.7 Å². The van der Waals surface area contributed by atoms with Crippen LogP contribution in [0.25, 0.3) is 10.2 Å². The summed E-state index contributed by atoms with van der Waals surface area (Å²) in [6.45, 7) is 3.99. The number of amides is 1. The van der Waals surface area contributed by atoms with E-state index in [0.717, 1.165) is 15.8 Å². The van der Waals surface area contributed by atoms with Crippen molar-refractivity contribution >= 4 is 32.6 Å². The Balaban J connectivity index is 1.65. The molecule has 0 unspecified atom stereocenters. The summed E-state index contributed by atoms with van der Waals surface area (Å²) in [4.78, 5) is 16.6. The summed E-state index contributed by atoms with van der Waals surface area (Å²) in [6, 6.07) is 11.3. The average Bonchev–Trinajstić information content (AvgIpc) is 2.95. The van der Waals surface area contributed by atoms with Crippen LogP contribution < -0.4 is 14.8 Å². The molecule has 0 aliphatic rings. The zero-order valence-electron chi connectivity index (χ0n) is 13.8. The van der Waals surface area contributed by atoms with Crippen LogP contribution in [0.15, 0.2) is 36.4 Å². The summed E-state index contributed by atoms with van der Waals surface area (Å²) in [7, 11) is 1.59. The van der Waals surface area contributed by atoms with Crippen LogP contribution in [0.2, 0.25) is 0 Å². The normalized spacial score (nSPS) is 10.6. The summed E-state index contributed by atoms with van der Waals surface area (Å²) in [5.74, 6) is 1.02. The monoisotopic (exact) mass is 342 g/mol. The molecule has 0 radical (unpaired) electrons. The number of nitrogens with one attached hydrogen (secondary N) is 1. The number of aryl methyl sites for hydroxylation is 2. The number of hydrogen-bond donors (Lipinski definition) is 1. The van der Waals surface area contributed by atoms with E-state index in [1.807, 2.05) is 26.0 Å². The molecule has 3 rings (SSSR count). The number of carbonyl (C=O) groups is 1. The summed E-state index contributed by atoms with van der Waals surface area (Å²) < 4.78 is 11.7. The number of thiazole rings is 1. The summed E-state index contributed by atoms with van der Waals surface area (Å²) in [5.41, 5.74) is 3.21. The van der Waals surface area contributed by atoms with Gasteiger partial charge in [0.2, 0.25) is 0 Å². The van der Waals surface area contributed by atoms with E-state index < -0.39 is 0 Å². The number of methoxy groups -OCH3 is 1. The van der Waals surface area contributed by atoms with Crippen molar-refractivity contribution in [1.29, 1.82) is 0 Å². The van der Waals surface area contributed by atoms with Crippen LogP contribution in [0.3, 0.4) is 0 Å². The molecule has 1 amide bonds. The minimum atomic E-state index is -0.244. The predicted molar refractivity (Wildman–Crippen MR) is 96.2 cm³/mol. The topological polar surface area (TPSA) is 60.5 Å². The fourth-order valence-corrected chi connectivity index (χ4v) is 3.48. The molecule has 0 saturated heterocycles. The van der Waals surface area contributed by atoms with Crippen LogP contribution in [-0.4, -0.2) is 24.6 Å². The maximum atomic E-state index is 12.1. The van der Waals surface area contributed by atoms with E-state index >= 15 is 0 Å². The second-order valence-electron chi connectivity index (χ2n) is 5.46. The number of carbonyl (C=O) groups excluding carboxylic acids is 1. The summed E-state index contributed by atoms with van der Waals surface area (Å²) in [6.07, 6.45) is 0. The van der Waals surface area contributed by atoms with Crippen LogP contribution in [0.1, 0.15) is 11.1 Å². The third kappa shape index (κ3) is 3.65. The van der Waals surface area contributed by atoms with Crippen molar-refractivity contribution in [1.82, 2.24) is 4.98 Å². The van der Waals surface area contributed by atoms with Gasteiger partial charge in [-0.1, -0.05) is 23.5 Å². The SMILES string of the molecule is COc1cccc(OCC(=O)Nc2nc3c(C)cc(C)cc3s2)c1. The Kier molecular flexibility index (Phi) is 4.66. The number of aromatic nitrogens is 1. The molecule has 1 N–H and O–H groups in total. The van der Waals surface area contributed by atoms with E-state index in [1.165, 1.54) is 16.9 Å². The average molecular weight is 342 g/mol. The number of anilines is 1. The summed E-state index contributed by atoms with van der Waals surface area (Å²) in [5, 5.41) is 3.37. The highest BCUT2D eigenvalue weighted by Gasteiger charge is 2.10. The van der Waals surface area contributed by atoms with Gasteiger partial charge in [0.1, 0.15) is 11.5 Å². The molecular weight excluding hydrogens is 324 g/mol. The lowest BCUT2D eigenvalue weighted by atomic mass is 10.1. The van der Waals surface area contributed by atoms with Crippen molar-refractivity contribution in [3.8, 4) is 11.5 Å². The van der Waals surface area contributed by atoms with Crippen molar-refractivity contribution < 1.29 is 14.3 Å². The maximum Gasteiger partial charge on any atom is 0.264 e. The number of rotatable bonds is 5. The Bertz CT molecular complexity index is 889. The van der Waals surface area contributed by atoms with Crippen LogP contribution in [0.4, 0.5) is 5.13 Å². The minimum absolute atomic E-state index is 0.0822. The Labute approximate surface area is 144 Å². The van der Waals surface area contributed by atoms with Crippen molar-refractivity contribution in [3.05, 3.63) is 47.5 Å². The molecule has 0 aliphatic carbocycles. The van der Waals surface area contributed by atoms with E-state index in [4.69, 9.17) is 9.47 Å². The molecule has 2 aromatic carbocycles. The van der Waals surface area contributed by atoms with Crippen LogP contribution in [0.5, 0.6) is 11.5 Å². The van der Waals surface area contributed by atoms with Crippen LogP contribution >= 0.6 is 11.3 Å². The fourth-order valence-electron chi connectivity index (χ4n) is 2.42. The summed E-state index contributed by atoms with van der Waals surface area (Å²) >= 11 is 1.46. The number of benzene rings is 2. The van der Waals surface area contributed by atoms with E-state index in [1.54, 1.807) is 19.2 Å². The maximum absolute atomic E-state index is 12.1. The first-order chi connectivity index (χ1) is 11.5. The number of fused-ring (bicyclic) bond motifs is 1. The van der Waals surface area contributed by atoms with Crippen molar-refractivity contribution in [2.45, 2.75) is 13.8 Å². The van der Waals surface area contributed by atoms with Gasteiger partial charge in [-0.25, -0.2) is 4.98 Å². The van der Waals surface area contributed by atoms with E-state index in [9.17, 15) is 4.79 Å². The highest BCUT2D eigenvalue weighted by Crippen LogP contribution is 2.29. The zero-order chi connectivity index (χ0) is 17.1. The van der Waals surface area contributed by atoms with Gasteiger partial charge < -0.3 is 9.47 Å². The van der Waals surface area contributed by atoms with E-state index in [-0.39, 0.29) is 12.5 Å².